The van der Waals surface area contributed by atoms with Gasteiger partial charge in [0, 0.05) is 26.2 Å². The standard InChI is InChI=1S/C10H22N2O3S/c1-10(9-13)8-11-16(14,15)12-6-4-2-3-5-7-12/h10-11,13H,2-9H2,1H3. The van der Waals surface area contributed by atoms with Gasteiger partial charge in [-0.05, 0) is 18.8 Å². The van der Waals surface area contributed by atoms with E-state index in [2.05, 4.69) is 4.72 Å². The van der Waals surface area contributed by atoms with Crippen LogP contribution < -0.4 is 4.72 Å². The average molecular weight is 250 g/mol. The summed E-state index contributed by atoms with van der Waals surface area (Å²) in [5, 5.41) is 8.84. The van der Waals surface area contributed by atoms with Crippen molar-refractivity contribution in [2.24, 2.45) is 5.92 Å². The maximum absolute atomic E-state index is 11.9. The molecule has 0 spiro atoms. The second-order valence-electron chi connectivity index (χ2n) is 4.45. The summed E-state index contributed by atoms with van der Waals surface area (Å²) in [7, 11) is -3.34. The largest absolute Gasteiger partial charge is 0.396 e. The van der Waals surface area contributed by atoms with Gasteiger partial charge >= 0.3 is 0 Å². The summed E-state index contributed by atoms with van der Waals surface area (Å²) in [6, 6.07) is 0. The fourth-order valence-corrected chi connectivity index (χ4v) is 3.10. The molecule has 0 saturated carbocycles. The van der Waals surface area contributed by atoms with Crippen molar-refractivity contribution in [1.29, 1.82) is 0 Å². The Morgan fingerprint density at radius 3 is 2.31 bits per heavy atom. The Morgan fingerprint density at radius 2 is 1.81 bits per heavy atom. The SMILES string of the molecule is CC(CO)CNS(=O)(=O)N1CCCCCC1. The highest BCUT2D eigenvalue weighted by molar-refractivity contribution is 7.87. The predicted molar refractivity (Wildman–Crippen MR) is 63.2 cm³/mol. The predicted octanol–water partition coefficient (Wildman–Crippen LogP) is 0.325. The highest BCUT2D eigenvalue weighted by Gasteiger charge is 2.22. The van der Waals surface area contributed by atoms with Crippen LogP contribution in [0, 0.1) is 5.92 Å². The minimum atomic E-state index is -3.34. The fourth-order valence-electron chi connectivity index (χ4n) is 1.69. The summed E-state index contributed by atoms with van der Waals surface area (Å²) in [5.74, 6) is -0.0400. The van der Waals surface area contributed by atoms with Crippen LogP contribution in [0.5, 0.6) is 0 Å². The van der Waals surface area contributed by atoms with Gasteiger partial charge in [-0.2, -0.15) is 12.7 Å². The highest BCUT2D eigenvalue weighted by Crippen LogP contribution is 2.12. The number of hydrogen-bond acceptors (Lipinski definition) is 3. The second-order valence-corrected chi connectivity index (χ2v) is 6.21. The summed E-state index contributed by atoms with van der Waals surface area (Å²) in [6.45, 7) is 3.34. The van der Waals surface area contributed by atoms with Crippen LogP contribution in [0.3, 0.4) is 0 Å². The van der Waals surface area contributed by atoms with Gasteiger partial charge < -0.3 is 5.11 Å². The number of aliphatic hydroxyl groups excluding tert-OH is 1. The molecular weight excluding hydrogens is 228 g/mol. The van der Waals surface area contributed by atoms with Gasteiger partial charge in [0.1, 0.15) is 0 Å². The molecule has 0 aromatic heterocycles. The Bertz CT molecular complexity index is 284. The molecule has 1 unspecified atom stereocenters. The van der Waals surface area contributed by atoms with Gasteiger partial charge in [0.15, 0.2) is 0 Å². The van der Waals surface area contributed by atoms with Crippen LogP contribution >= 0.6 is 0 Å². The Balaban J connectivity index is 2.48. The van der Waals surface area contributed by atoms with E-state index in [4.69, 9.17) is 5.11 Å². The number of hydrogen-bond donors (Lipinski definition) is 2. The van der Waals surface area contributed by atoms with Gasteiger partial charge in [-0.15, -0.1) is 0 Å². The first kappa shape index (κ1) is 13.9. The van der Waals surface area contributed by atoms with Crippen LogP contribution in [0.4, 0.5) is 0 Å². The van der Waals surface area contributed by atoms with Crippen LogP contribution in [0.1, 0.15) is 32.6 Å². The van der Waals surface area contributed by atoms with Gasteiger partial charge in [-0.25, -0.2) is 4.72 Å². The maximum Gasteiger partial charge on any atom is 0.279 e. The second kappa shape index (κ2) is 6.54. The zero-order chi connectivity index (χ0) is 12.0. The molecule has 1 heterocycles. The Labute approximate surface area is 98.0 Å². The van der Waals surface area contributed by atoms with Crippen LogP contribution in [0.15, 0.2) is 0 Å². The van der Waals surface area contributed by atoms with Crippen molar-refractivity contribution in [2.75, 3.05) is 26.2 Å². The number of aliphatic hydroxyl groups is 1. The van der Waals surface area contributed by atoms with E-state index in [-0.39, 0.29) is 12.5 Å². The molecule has 2 N–H and O–H groups in total. The van der Waals surface area contributed by atoms with Crippen LogP contribution in [0.25, 0.3) is 0 Å². The number of nitrogens with one attached hydrogen (secondary N) is 1. The van der Waals surface area contributed by atoms with Gasteiger partial charge in [0.25, 0.3) is 10.2 Å². The lowest BCUT2D eigenvalue weighted by atomic mass is 10.2. The molecule has 0 aromatic carbocycles. The molecule has 1 rings (SSSR count). The van der Waals surface area contributed by atoms with Crippen LogP contribution in [0.2, 0.25) is 0 Å². The third-order valence-electron chi connectivity index (χ3n) is 2.83. The molecule has 0 amide bonds. The monoisotopic (exact) mass is 250 g/mol. The van der Waals surface area contributed by atoms with E-state index in [0.29, 0.717) is 19.6 Å². The summed E-state index contributed by atoms with van der Waals surface area (Å²) in [4.78, 5) is 0. The van der Waals surface area contributed by atoms with Crippen molar-refractivity contribution in [1.82, 2.24) is 9.03 Å². The van der Waals surface area contributed by atoms with E-state index in [1.54, 1.807) is 0 Å². The Hall–Kier alpha value is -0.170. The fraction of sp³-hybridized carbons (Fsp3) is 1.00. The molecule has 1 aliphatic rings. The van der Waals surface area contributed by atoms with Crippen LogP contribution in [-0.4, -0.2) is 44.1 Å². The molecule has 6 heteroatoms. The third kappa shape index (κ3) is 4.37. The minimum Gasteiger partial charge on any atom is -0.396 e. The molecule has 0 aliphatic carbocycles. The number of nitrogens with zero attached hydrogens (tertiary/aromatic N) is 1. The van der Waals surface area contributed by atoms with Crippen LogP contribution in [-0.2, 0) is 10.2 Å². The minimum absolute atomic E-state index is 0.00250. The summed E-state index contributed by atoms with van der Waals surface area (Å²) >= 11 is 0. The van der Waals surface area contributed by atoms with E-state index < -0.39 is 10.2 Å². The van der Waals surface area contributed by atoms with Crippen molar-refractivity contribution in [3.05, 3.63) is 0 Å². The van der Waals surface area contributed by atoms with E-state index in [1.165, 1.54) is 4.31 Å². The average Bonchev–Trinajstić information content (AvgIpc) is 2.54. The van der Waals surface area contributed by atoms with Crippen molar-refractivity contribution < 1.29 is 13.5 Å². The quantitative estimate of drug-likeness (QED) is 0.738. The van der Waals surface area contributed by atoms with E-state index in [9.17, 15) is 8.42 Å². The van der Waals surface area contributed by atoms with Gasteiger partial charge in [-0.3, -0.25) is 0 Å². The number of rotatable bonds is 5. The maximum atomic E-state index is 11.9. The summed E-state index contributed by atoms with van der Waals surface area (Å²) in [5.41, 5.74) is 0. The smallest absolute Gasteiger partial charge is 0.279 e. The zero-order valence-electron chi connectivity index (χ0n) is 9.85. The molecule has 1 atom stereocenters. The van der Waals surface area contributed by atoms with Crippen molar-refractivity contribution in [3.8, 4) is 0 Å². The molecule has 16 heavy (non-hydrogen) atoms. The molecule has 1 aliphatic heterocycles. The van der Waals surface area contributed by atoms with Crippen molar-refractivity contribution >= 4 is 10.2 Å². The van der Waals surface area contributed by atoms with Gasteiger partial charge in [0.05, 0.1) is 0 Å². The highest BCUT2D eigenvalue weighted by atomic mass is 32.2. The van der Waals surface area contributed by atoms with Gasteiger partial charge in [-0.1, -0.05) is 19.8 Å². The lowest BCUT2D eigenvalue weighted by molar-refractivity contribution is 0.238. The Morgan fingerprint density at radius 1 is 1.25 bits per heavy atom. The van der Waals surface area contributed by atoms with E-state index in [0.717, 1.165) is 25.7 Å². The molecule has 0 bridgehead atoms. The summed E-state index contributed by atoms with van der Waals surface area (Å²) < 4.78 is 27.8. The molecule has 1 fully saturated rings. The Kier molecular flexibility index (Phi) is 5.68. The normalized spacial score (nSPS) is 21.6. The summed E-state index contributed by atoms with van der Waals surface area (Å²) in [6.07, 6.45) is 4.10. The van der Waals surface area contributed by atoms with Gasteiger partial charge in [0.2, 0.25) is 0 Å². The first-order valence-electron chi connectivity index (χ1n) is 5.92. The molecule has 1 saturated heterocycles. The molecule has 0 aromatic rings. The third-order valence-corrected chi connectivity index (χ3v) is 4.41. The molecule has 0 radical (unpaired) electrons. The first-order valence-corrected chi connectivity index (χ1v) is 7.36. The lowest BCUT2D eigenvalue weighted by Gasteiger charge is -2.21. The van der Waals surface area contributed by atoms with E-state index in [1.807, 2.05) is 6.92 Å². The van der Waals surface area contributed by atoms with Crippen molar-refractivity contribution in [2.45, 2.75) is 32.6 Å². The molecule has 5 nitrogen and oxygen atoms in total. The lowest BCUT2D eigenvalue weighted by Crippen LogP contribution is -2.43. The topological polar surface area (TPSA) is 69.6 Å². The van der Waals surface area contributed by atoms with Crippen molar-refractivity contribution in [3.63, 3.8) is 0 Å². The first-order chi connectivity index (χ1) is 7.56. The molecule has 96 valence electrons. The molecular formula is C10H22N2O3S. The zero-order valence-corrected chi connectivity index (χ0v) is 10.7. The van der Waals surface area contributed by atoms with E-state index >= 15 is 0 Å².